The standard InChI is InChI=1S/C22H22FN3O2.C14H16FN3.CH4O.CH4/c23-19-7-6-18-8-10-24-21(20(18)12-19)26-11-9-17(14-26)13-25-22(27)28-15-16-4-2-1-3-5-16;15-12-2-1-11-3-5-17-14(13(11)7-12)18-6-4-10(8-16)9-18;1-2;/h1-8,10,12,17H,9,11,13-15H2,(H,25,27);1-3,5,7,10H,4,6,8-9,16H2;2H,1H3;1H4. The van der Waals surface area contributed by atoms with Crippen molar-refractivity contribution in [1.29, 1.82) is 0 Å². The number of hydrogen-bond acceptors (Lipinski definition) is 8. The number of aliphatic hydroxyl groups is 1. The number of ether oxygens (including phenoxy) is 1. The number of carbonyl (C=O) groups excluding carboxylic acids is 1. The quantitative estimate of drug-likeness (QED) is 0.179. The van der Waals surface area contributed by atoms with Crippen LogP contribution in [0.2, 0.25) is 0 Å². The summed E-state index contributed by atoms with van der Waals surface area (Å²) in [7, 11) is 1.00. The van der Waals surface area contributed by atoms with Crippen LogP contribution < -0.4 is 20.9 Å². The highest BCUT2D eigenvalue weighted by molar-refractivity contribution is 5.93. The molecule has 2 atom stereocenters. The Kier molecular flexibility index (Phi) is 13.6. The topological polar surface area (TPSA) is 117 Å². The first-order valence-corrected chi connectivity index (χ1v) is 16.1. The second-order valence-corrected chi connectivity index (χ2v) is 11.9. The first-order chi connectivity index (χ1) is 23.5. The normalized spacial score (nSPS) is 16.7. The number of amides is 1. The molecule has 4 N–H and O–H groups in total. The van der Waals surface area contributed by atoms with Crippen LogP contribution in [-0.4, -0.2) is 67.5 Å². The number of nitrogens with two attached hydrogens (primary N) is 1. The summed E-state index contributed by atoms with van der Waals surface area (Å²) in [6.45, 7) is 4.97. The van der Waals surface area contributed by atoms with Gasteiger partial charge in [0, 0.05) is 63.0 Å². The first kappa shape index (κ1) is 37.0. The fourth-order valence-corrected chi connectivity index (χ4v) is 6.17. The number of aliphatic hydroxyl groups excluding tert-OH is 1. The van der Waals surface area contributed by atoms with Crippen molar-refractivity contribution in [2.75, 3.05) is 56.2 Å². The third-order valence-electron chi connectivity index (χ3n) is 8.67. The van der Waals surface area contributed by atoms with Crippen molar-refractivity contribution >= 4 is 39.3 Å². The molecule has 0 aliphatic carbocycles. The molecule has 2 aromatic heterocycles. The van der Waals surface area contributed by atoms with Crippen molar-refractivity contribution in [3.63, 3.8) is 0 Å². The van der Waals surface area contributed by atoms with Crippen LogP contribution in [0.15, 0.2) is 91.3 Å². The molecular formula is C38H46F2N6O3. The lowest BCUT2D eigenvalue weighted by Gasteiger charge is -2.19. The number of benzene rings is 3. The van der Waals surface area contributed by atoms with E-state index in [1.165, 1.54) is 18.2 Å². The number of rotatable bonds is 7. The molecule has 0 saturated carbocycles. The minimum Gasteiger partial charge on any atom is -0.445 e. The van der Waals surface area contributed by atoms with Crippen molar-refractivity contribution in [1.82, 2.24) is 15.3 Å². The summed E-state index contributed by atoms with van der Waals surface area (Å²) in [4.78, 5) is 25.2. The van der Waals surface area contributed by atoms with Crippen molar-refractivity contribution in [3.05, 3.63) is 108 Å². The van der Waals surface area contributed by atoms with Crippen LogP contribution in [0.3, 0.4) is 0 Å². The molecule has 0 radical (unpaired) electrons. The van der Waals surface area contributed by atoms with Crippen LogP contribution >= 0.6 is 0 Å². The molecule has 49 heavy (non-hydrogen) atoms. The van der Waals surface area contributed by atoms with Gasteiger partial charge in [0.05, 0.1) is 0 Å². The summed E-state index contributed by atoms with van der Waals surface area (Å²) in [5, 5.41) is 13.5. The smallest absolute Gasteiger partial charge is 0.407 e. The average molecular weight is 673 g/mol. The summed E-state index contributed by atoms with van der Waals surface area (Å²) in [6, 6.07) is 23.0. The van der Waals surface area contributed by atoms with E-state index in [4.69, 9.17) is 15.6 Å². The highest BCUT2D eigenvalue weighted by Crippen LogP contribution is 2.30. The molecule has 3 aromatic carbocycles. The van der Waals surface area contributed by atoms with Gasteiger partial charge in [-0.3, -0.25) is 0 Å². The van der Waals surface area contributed by atoms with E-state index in [2.05, 4.69) is 25.1 Å². The van der Waals surface area contributed by atoms with Crippen molar-refractivity contribution in [3.8, 4) is 0 Å². The Morgan fingerprint density at radius 3 is 1.90 bits per heavy atom. The lowest BCUT2D eigenvalue weighted by molar-refractivity contribution is 0.138. The van der Waals surface area contributed by atoms with Crippen LogP contribution in [0.25, 0.3) is 21.5 Å². The minimum atomic E-state index is -0.410. The monoisotopic (exact) mass is 672 g/mol. The number of carbonyl (C=O) groups is 1. The molecule has 0 bridgehead atoms. The van der Waals surface area contributed by atoms with Crippen molar-refractivity contribution in [2.24, 2.45) is 17.6 Å². The van der Waals surface area contributed by atoms with Gasteiger partial charge >= 0.3 is 6.09 Å². The number of fused-ring (bicyclic) bond motifs is 2. The molecule has 4 heterocycles. The predicted molar refractivity (Wildman–Crippen MR) is 193 cm³/mol. The minimum absolute atomic E-state index is 0. The number of anilines is 2. The van der Waals surface area contributed by atoms with Crippen LogP contribution in [-0.2, 0) is 11.3 Å². The van der Waals surface area contributed by atoms with Gasteiger partial charge in [0.15, 0.2) is 0 Å². The molecular weight excluding hydrogens is 626 g/mol. The molecule has 2 aliphatic rings. The Morgan fingerprint density at radius 1 is 0.837 bits per heavy atom. The second-order valence-electron chi connectivity index (χ2n) is 11.9. The second kappa shape index (κ2) is 18.0. The summed E-state index contributed by atoms with van der Waals surface area (Å²) in [5.74, 6) is 2.02. The van der Waals surface area contributed by atoms with E-state index in [1.807, 2.05) is 42.5 Å². The van der Waals surface area contributed by atoms with E-state index in [1.54, 1.807) is 30.6 Å². The molecule has 260 valence electrons. The van der Waals surface area contributed by atoms with E-state index in [0.717, 1.165) is 84.9 Å². The fraction of sp³-hybridized carbons (Fsp3) is 0.342. The molecule has 9 nitrogen and oxygen atoms in total. The molecule has 2 saturated heterocycles. The number of nitrogens with zero attached hydrogens (tertiary/aromatic N) is 4. The largest absolute Gasteiger partial charge is 0.445 e. The zero-order valence-electron chi connectivity index (χ0n) is 27.1. The Bertz CT molecular complexity index is 1790. The molecule has 11 heteroatoms. The Hall–Kier alpha value is -4.87. The molecule has 7 rings (SSSR count). The van der Waals surface area contributed by atoms with Gasteiger partial charge in [0.2, 0.25) is 0 Å². The van der Waals surface area contributed by atoms with E-state index < -0.39 is 6.09 Å². The van der Waals surface area contributed by atoms with Gasteiger partial charge in [-0.15, -0.1) is 0 Å². The maximum Gasteiger partial charge on any atom is 0.407 e. The molecule has 2 aliphatic heterocycles. The van der Waals surface area contributed by atoms with Gasteiger partial charge in [-0.05, 0) is 84.0 Å². The van der Waals surface area contributed by atoms with E-state index >= 15 is 0 Å². The fourth-order valence-electron chi connectivity index (χ4n) is 6.17. The molecule has 2 unspecified atom stereocenters. The van der Waals surface area contributed by atoms with Gasteiger partial charge in [0.1, 0.15) is 29.9 Å². The van der Waals surface area contributed by atoms with E-state index in [0.29, 0.717) is 24.9 Å². The summed E-state index contributed by atoms with van der Waals surface area (Å²) < 4.78 is 32.3. The summed E-state index contributed by atoms with van der Waals surface area (Å²) in [6.07, 6.45) is 5.15. The number of nitrogens with one attached hydrogen (secondary N) is 1. The number of aromatic nitrogens is 2. The SMILES string of the molecule is C.CO.NCC1CCN(c2nccc3ccc(F)cc23)C1.O=C(NCC1CCN(c2nccc3ccc(F)cc23)C1)OCc1ccccc1. The highest BCUT2D eigenvalue weighted by Gasteiger charge is 2.26. The Labute approximate surface area is 286 Å². The lowest BCUT2D eigenvalue weighted by atomic mass is 10.1. The van der Waals surface area contributed by atoms with Crippen molar-refractivity contribution in [2.45, 2.75) is 26.9 Å². The van der Waals surface area contributed by atoms with E-state index in [9.17, 15) is 13.6 Å². The molecule has 2 fully saturated rings. The predicted octanol–water partition coefficient (Wildman–Crippen LogP) is 6.53. The number of halogens is 2. The Balaban J connectivity index is 0.000000223. The molecule has 1 amide bonds. The van der Waals surface area contributed by atoms with Crippen molar-refractivity contribution < 1.29 is 23.4 Å². The van der Waals surface area contributed by atoms with Gasteiger partial charge in [-0.2, -0.15) is 0 Å². The lowest BCUT2D eigenvalue weighted by Crippen LogP contribution is -2.31. The number of alkyl carbamates (subject to hydrolysis) is 1. The van der Waals surface area contributed by atoms with Crippen LogP contribution in [0.5, 0.6) is 0 Å². The van der Waals surface area contributed by atoms with Crippen LogP contribution in [0.4, 0.5) is 25.2 Å². The summed E-state index contributed by atoms with van der Waals surface area (Å²) >= 11 is 0. The van der Waals surface area contributed by atoms with Crippen LogP contribution in [0, 0.1) is 23.5 Å². The zero-order chi connectivity index (χ0) is 33.9. The Morgan fingerprint density at radius 2 is 1.37 bits per heavy atom. The number of hydrogen-bond donors (Lipinski definition) is 3. The van der Waals surface area contributed by atoms with E-state index in [-0.39, 0.29) is 25.7 Å². The maximum absolute atomic E-state index is 13.7. The zero-order valence-corrected chi connectivity index (χ0v) is 27.1. The first-order valence-electron chi connectivity index (χ1n) is 16.1. The molecule has 0 spiro atoms. The third kappa shape index (κ3) is 9.61. The van der Waals surface area contributed by atoms with Gasteiger partial charge in [-0.1, -0.05) is 49.9 Å². The average Bonchev–Trinajstić information content (AvgIpc) is 3.81. The molecule has 5 aromatic rings. The highest BCUT2D eigenvalue weighted by atomic mass is 19.1. The maximum atomic E-state index is 13.7. The number of pyridine rings is 2. The third-order valence-corrected chi connectivity index (χ3v) is 8.67. The van der Waals surface area contributed by atoms with Crippen LogP contribution in [0.1, 0.15) is 25.8 Å². The van der Waals surface area contributed by atoms with Gasteiger partial charge in [0.25, 0.3) is 0 Å². The van der Waals surface area contributed by atoms with Gasteiger partial charge in [-0.25, -0.2) is 23.5 Å². The summed E-state index contributed by atoms with van der Waals surface area (Å²) in [5.41, 5.74) is 6.66. The van der Waals surface area contributed by atoms with Gasteiger partial charge < -0.3 is 30.7 Å².